The van der Waals surface area contributed by atoms with Gasteiger partial charge in [0.25, 0.3) is 0 Å². The lowest BCUT2D eigenvalue weighted by Crippen LogP contribution is -2.34. The zero-order valence-electron chi connectivity index (χ0n) is 10.9. The summed E-state index contributed by atoms with van der Waals surface area (Å²) in [5, 5.41) is 11.7. The first-order valence-corrected chi connectivity index (χ1v) is 6.66. The van der Waals surface area contributed by atoms with Crippen LogP contribution in [0.15, 0.2) is 30.3 Å². The number of carbonyl (C=O) groups is 2. The van der Waals surface area contributed by atoms with Crippen LogP contribution in [0.1, 0.15) is 31.2 Å². The molecule has 0 aliphatic heterocycles. The number of aliphatic carboxylic acids is 1. The Morgan fingerprint density at radius 1 is 1.21 bits per heavy atom. The van der Waals surface area contributed by atoms with E-state index in [1.807, 2.05) is 30.3 Å². The molecule has 4 heteroatoms. The van der Waals surface area contributed by atoms with E-state index in [0.717, 1.165) is 12.8 Å². The van der Waals surface area contributed by atoms with Crippen molar-refractivity contribution in [1.82, 2.24) is 5.32 Å². The molecule has 0 atom stereocenters. The zero-order chi connectivity index (χ0) is 13.7. The molecule has 0 radical (unpaired) electrons. The molecule has 102 valence electrons. The number of hydrogen-bond donors (Lipinski definition) is 2. The number of amides is 1. The molecule has 0 aromatic heterocycles. The molecule has 1 saturated carbocycles. The summed E-state index contributed by atoms with van der Waals surface area (Å²) >= 11 is 0. The maximum atomic E-state index is 11.6. The van der Waals surface area contributed by atoms with Gasteiger partial charge in [0.1, 0.15) is 0 Å². The number of carbonyl (C=O) groups excluding carboxylic acids is 1. The average molecular weight is 261 g/mol. The van der Waals surface area contributed by atoms with Gasteiger partial charge in [0, 0.05) is 13.0 Å². The van der Waals surface area contributed by atoms with Gasteiger partial charge in [-0.05, 0) is 31.2 Å². The number of hydrogen-bond acceptors (Lipinski definition) is 2. The van der Waals surface area contributed by atoms with Crippen molar-refractivity contribution in [2.45, 2.75) is 32.1 Å². The molecule has 0 saturated heterocycles. The van der Waals surface area contributed by atoms with Gasteiger partial charge in [0.15, 0.2) is 0 Å². The first-order valence-electron chi connectivity index (χ1n) is 6.66. The van der Waals surface area contributed by atoms with Crippen LogP contribution in [0.3, 0.4) is 0 Å². The van der Waals surface area contributed by atoms with E-state index in [0.29, 0.717) is 19.3 Å². The lowest BCUT2D eigenvalue weighted by atomic mass is 10.1. The van der Waals surface area contributed by atoms with Crippen molar-refractivity contribution >= 4 is 11.9 Å². The monoisotopic (exact) mass is 261 g/mol. The average Bonchev–Trinajstić information content (AvgIpc) is 3.19. The van der Waals surface area contributed by atoms with Crippen LogP contribution >= 0.6 is 0 Å². The predicted molar refractivity (Wildman–Crippen MR) is 71.7 cm³/mol. The van der Waals surface area contributed by atoms with Crippen LogP contribution in [0.4, 0.5) is 0 Å². The first-order chi connectivity index (χ1) is 9.12. The summed E-state index contributed by atoms with van der Waals surface area (Å²) < 4.78 is 0. The molecule has 0 unspecified atom stereocenters. The summed E-state index contributed by atoms with van der Waals surface area (Å²) in [6.07, 6.45) is 3.46. The molecule has 0 bridgehead atoms. The Bertz CT molecular complexity index is 452. The summed E-state index contributed by atoms with van der Waals surface area (Å²) in [6.45, 7) is 0.270. The van der Waals surface area contributed by atoms with Crippen molar-refractivity contribution < 1.29 is 14.7 Å². The van der Waals surface area contributed by atoms with Crippen molar-refractivity contribution in [1.29, 1.82) is 0 Å². The third-order valence-corrected chi connectivity index (χ3v) is 3.64. The number of nitrogens with one attached hydrogen (secondary N) is 1. The summed E-state index contributed by atoms with van der Waals surface area (Å²) in [5.41, 5.74) is 0.550. The molecule has 1 aliphatic rings. The third-order valence-electron chi connectivity index (χ3n) is 3.64. The summed E-state index contributed by atoms with van der Waals surface area (Å²) in [7, 11) is 0. The van der Waals surface area contributed by atoms with Gasteiger partial charge in [0.2, 0.25) is 5.91 Å². The molecule has 2 rings (SSSR count). The number of carboxylic acid groups (broad SMARTS) is 1. The highest BCUT2D eigenvalue weighted by Crippen LogP contribution is 2.45. The minimum atomic E-state index is -0.794. The lowest BCUT2D eigenvalue weighted by Gasteiger charge is -2.11. The van der Waals surface area contributed by atoms with Crippen LogP contribution in [-0.2, 0) is 16.0 Å². The van der Waals surface area contributed by atoms with Gasteiger partial charge in [-0.15, -0.1) is 0 Å². The quantitative estimate of drug-likeness (QED) is 0.788. The lowest BCUT2D eigenvalue weighted by molar-refractivity contribution is -0.143. The molecule has 0 heterocycles. The van der Waals surface area contributed by atoms with Gasteiger partial charge in [-0.3, -0.25) is 9.59 Å². The molecular weight excluding hydrogens is 242 g/mol. The molecule has 1 aromatic carbocycles. The largest absolute Gasteiger partial charge is 0.481 e. The fourth-order valence-electron chi connectivity index (χ4n) is 2.07. The third kappa shape index (κ3) is 3.81. The van der Waals surface area contributed by atoms with Crippen LogP contribution in [0.5, 0.6) is 0 Å². The van der Waals surface area contributed by atoms with E-state index in [1.165, 1.54) is 5.56 Å². The molecular formula is C15H19NO3. The highest BCUT2D eigenvalue weighted by Gasteiger charge is 2.50. The maximum absolute atomic E-state index is 11.6. The Morgan fingerprint density at radius 3 is 2.47 bits per heavy atom. The van der Waals surface area contributed by atoms with E-state index in [2.05, 4.69) is 5.32 Å². The maximum Gasteiger partial charge on any atom is 0.311 e. The normalized spacial score (nSPS) is 15.8. The van der Waals surface area contributed by atoms with Crippen molar-refractivity contribution in [2.24, 2.45) is 5.41 Å². The summed E-state index contributed by atoms with van der Waals surface area (Å²) in [4.78, 5) is 22.6. The Hall–Kier alpha value is -1.84. The molecule has 1 fully saturated rings. The second kappa shape index (κ2) is 5.87. The number of benzene rings is 1. The Balaban J connectivity index is 1.64. The van der Waals surface area contributed by atoms with E-state index >= 15 is 0 Å². The van der Waals surface area contributed by atoms with Gasteiger partial charge in [-0.1, -0.05) is 30.3 Å². The smallest absolute Gasteiger partial charge is 0.311 e. The van der Waals surface area contributed by atoms with E-state index < -0.39 is 11.4 Å². The Kier molecular flexibility index (Phi) is 4.20. The predicted octanol–water partition coefficient (Wildman–Crippen LogP) is 1.99. The van der Waals surface area contributed by atoms with Crippen LogP contribution < -0.4 is 5.32 Å². The highest BCUT2D eigenvalue weighted by molar-refractivity contribution is 5.80. The number of carboxylic acids is 1. The first kappa shape index (κ1) is 13.6. The zero-order valence-corrected chi connectivity index (χ0v) is 10.9. The molecule has 0 spiro atoms. The number of rotatable bonds is 7. The van der Waals surface area contributed by atoms with Crippen molar-refractivity contribution in [2.75, 3.05) is 6.54 Å². The molecule has 2 N–H and O–H groups in total. The molecule has 1 aliphatic carbocycles. The van der Waals surface area contributed by atoms with Crippen LogP contribution in [0.25, 0.3) is 0 Å². The fourth-order valence-corrected chi connectivity index (χ4v) is 2.07. The summed E-state index contributed by atoms with van der Waals surface area (Å²) in [6, 6.07) is 10.0. The SMILES string of the molecule is O=C(CCCc1ccccc1)NCC1(C(=O)O)CC1. The molecule has 19 heavy (non-hydrogen) atoms. The van der Waals surface area contributed by atoms with Crippen LogP contribution in [-0.4, -0.2) is 23.5 Å². The fraction of sp³-hybridized carbons (Fsp3) is 0.467. The Labute approximate surface area is 112 Å². The Morgan fingerprint density at radius 2 is 1.89 bits per heavy atom. The van der Waals surface area contributed by atoms with Gasteiger partial charge < -0.3 is 10.4 Å². The van der Waals surface area contributed by atoms with Crippen molar-refractivity contribution in [3.63, 3.8) is 0 Å². The van der Waals surface area contributed by atoms with Gasteiger partial charge >= 0.3 is 5.97 Å². The van der Waals surface area contributed by atoms with E-state index in [-0.39, 0.29) is 12.5 Å². The minimum absolute atomic E-state index is 0.0524. The van der Waals surface area contributed by atoms with Crippen LogP contribution in [0, 0.1) is 5.41 Å². The van der Waals surface area contributed by atoms with Crippen molar-refractivity contribution in [3.05, 3.63) is 35.9 Å². The molecule has 1 aromatic rings. The number of aryl methyl sites for hydroxylation is 1. The molecule has 1 amide bonds. The minimum Gasteiger partial charge on any atom is -0.481 e. The second-order valence-electron chi connectivity index (χ2n) is 5.20. The molecule has 4 nitrogen and oxygen atoms in total. The van der Waals surface area contributed by atoms with Crippen molar-refractivity contribution in [3.8, 4) is 0 Å². The topological polar surface area (TPSA) is 66.4 Å². The van der Waals surface area contributed by atoms with Gasteiger partial charge in [-0.2, -0.15) is 0 Å². The van der Waals surface area contributed by atoms with E-state index in [9.17, 15) is 9.59 Å². The van der Waals surface area contributed by atoms with E-state index in [4.69, 9.17) is 5.11 Å². The van der Waals surface area contributed by atoms with Crippen LogP contribution in [0.2, 0.25) is 0 Å². The summed E-state index contributed by atoms with van der Waals surface area (Å²) in [5.74, 6) is -0.847. The van der Waals surface area contributed by atoms with E-state index in [1.54, 1.807) is 0 Å². The van der Waals surface area contributed by atoms with Gasteiger partial charge in [0.05, 0.1) is 5.41 Å². The van der Waals surface area contributed by atoms with Gasteiger partial charge in [-0.25, -0.2) is 0 Å². The highest BCUT2D eigenvalue weighted by atomic mass is 16.4. The second-order valence-corrected chi connectivity index (χ2v) is 5.20. The standard InChI is InChI=1S/C15H19NO3/c17-13(16-11-15(9-10-15)14(18)19)8-4-7-12-5-2-1-3-6-12/h1-3,5-6H,4,7-11H2,(H,16,17)(H,18,19).